The third-order valence-electron chi connectivity index (χ3n) is 6.78. The van der Waals surface area contributed by atoms with Gasteiger partial charge in [0.15, 0.2) is 0 Å². The second-order valence-corrected chi connectivity index (χ2v) is 9.31. The first-order valence-corrected chi connectivity index (χ1v) is 12.9. The lowest BCUT2D eigenvalue weighted by Crippen LogP contribution is -2.23. The Hall–Kier alpha value is -5.24. The lowest BCUT2D eigenvalue weighted by molar-refractivity contribution is -0.111. The van der Waals surface area contributed by atoms with Crippen molar-refractivity contribution in [3.05, 3.63) is 136 Å². The molecule has 0 spiro atoms. The van der Waals surface area contributed by atoms with Crippen molar-refractivity contribution in [2.75, 3.05) is 5.32 Å². The van der Waals surface area contributed by atoms with Crippen molar-refractivity contribution in [2.45, 2.75) is 13.5 Å². The SMILES string of the molecule is Cc1c(NC(=O)/C(=C/c2ccccc2OC(F)F)c2ccc(-c3ccccc3)cc2)c(=O)n(-c2ccccc2)n1C. The predicted octanol–water partition coefficient (Wildman–Crippen LogP) is 6.93. The van der Waals surface area contributed by atoms with Gasteiger partial charge in [0.1, 0.15) is 11.4 Å². The second-order valence-electron chi connectivity index (χ2n) is 9.31. The molecule has 5 aromatic rings. The van der Waals surface area contributed by atoms with Gasteiger partial charge in [-0.15, -0.1) is 0 Å². The summed E-state index contributed by atoms with van der Waals surface area (Å²) in [4.78, 5) is 27.3. The van der Waals surface area contributed by atoms with Crippen LogP contribution in [-0.4, -0.2) is 21.9 Å². The lowest BCUT2D eigenvalue weighted by atomic mass is 9.98. The number of alkyl halides is 2. The van der Waals surface area contributed by atoms with Gasteiger partial charge in [-0.05, 0) is 47.9 Å². The fourth-order valence-electron chi connectivity index (χ4n) is 4.60. The fourth-order valence-corrected chi connectivity index (χ4v) is 4.60. The first-order valence-electron chi connectivity index (χ1n) is 12.9. The number of para-hydroxylation sites is 2. The van der Waals surface area contributed by atoms with Crippen LogP contribution >= 0.6 is 0 Å². The summed E-state index contributed by atoms with van der Waals surface area (Å²) in [5.74, 6) is -0.647. The van der Waals surface area contributed by atoms with E-state index in [4.69, 9.17) is 4.74 Å². The highest BCUT2D eigenvalue weighted by Crippen LogP contribution is 2.29. The van der Waals surface area contributed by atoms with Crippen molar-refractivity contribution in [1.29, 1.82) is 0 Å². The molecule has 0 radical (unpaired) electrons. The number of rotatable bonds is 8. The fraction of sp³-hybridized carbons (Fsp3) is 0.0909. The summed E-state index contributed by atoms with van der Waals surface area (Å²) in [6, 6.07) is 32.4. The molecule has 0 fully saturated rings. The van der Waals surface area contributed by atoms with Gasteiger partial charge >= 0.3 is 6.61 Å². The van der Waals surface area contributed by atoms with Crippen molar-refractivity contribution in [2.24, 2.45) is 7.05 Å². The van der Waals surface area contributed by atoms with E-state index in [0.29, 0.717) is 16.9 Å². The number of anilines is 1. The van der Waals surface area contributed by atoms with Gasteiger partial charge in [-0.25, -0.2) is 4.68 Å². The molecule has 0 saturated heterocycles. The third kappa shape index (κ3) is 5.86. The van der Waals surface area contributed by atoms with Crippen LogP contribution in [-0.2, 0) is 11.8 Å². The maximum atomic E-state index is 13.8. The Morgan fingerprint density at radius 1 is 0.829 bits per heavy atom. The van der Waals surface area contributed by atoms with Gasteiger partial charge in [0.05, 0.1) is 11.4 Å². The summed E-state index contributed by atoms with van der Waals surface area (Å²) >= 11 is 0. The number of hydrogen-bond acceptors (Lipinski definition) is 3. The van der Waals surface area contributed by atoms with Crippen LogP contribution in [0.3, 0.4) is 0 Å². The number of hydrogen-bond donors (Lipinski definition) is 1. The van der Waals surface area contributed by atoms with E-state index in [2.05, 4.69) is 5.32 Å². The minimum absolute atomic E-state index is 0.0731. The van der Waals surface area contributed by atoms with Crippen LogP contribution in [0.1, 0.15) is 16.8 Å². The van der Waals surface area contributed by atoms with E-state index in [1.807, 2.05) is 60.7 Å². The van der Waals surface area contributed by atoms with E-state index in [9.17, 15) is 18.4 Å². The van der Waals surface area contributed by atoms with Crippen molar-refractivity contribution in [3.63, 3.8) is 0 Å². The van der Waals surface area contributed by atoms with Crippen molar-refractivity contribution in [1.82, 2.24) is 9.36 Å². The van der Waals surface area contributed by atoms with Crippen molar-refractivity contribution >= 4 is 23.2 Å². The van der Waals surface area contributed by atoms with E-state index in [-0.39, 0.29) is 22.6 Å². The van der Waals surface area contributed by atoms with Gasteiger partial charge in [-0.3, -0.25) is 14.3 Å². The van der Waals surface area contributed by atoms with E-state index in [0.717, 1.165) is 11.1 Å². The van der Waals surface area contributed by atoms with Gasteiger partial charge in [-0.1, -0.05) is 91.0 Å². The van der Waals surface area contributed by atoms with Gasteiger partial charge in [0, 0.05) is 18.2 Å². The van der Waals surface area contributed by atoms with E-state index in [1.54, 1.807) is 61.1 Å². The topological polar surface area (TPSA) is 65.3 Å². The van der Waals surface area contributed by atoms with E-state index < -0.39 is 18.1 Å². The highest BCUT2D eigenvalue weighted by molar-refractivity contribution is 6.29. The lowest BCUT2D eigenvalue weighted by Gasteiger charge is -2.12. The zero-order valence-electron chi connectivity index (χ0n) is 22.4. The average molecular weight is 552 g/mol. The molecule has 1 N–H and O–H groups in total. The molecule has 0 saturated carbocycles. The Bertz CT molecular complexity index is 1760. The molecule has 1 amide bonds. The minimum Gasteiger partial charge on any atom is -0.434 e. The molecule has 6 nitrogen and oxygen atoms in total. The number of aromatic nitrogens is 2. The van der Waals surface area contributed by atoms with Crippen LogP contribution in [0.4, 0.5) is 14.5 Å². The number of carbonyl (C=O) groups excluding carboxylic acids is 1. The third-order valence-corrected chi connectivity index (χ3v) is 6.78. The first-order chi connectivity index (χ1) is 19.8. The summed E-state index contributed by atoms with van der Waals surface area (Å²) in [6.07, 6.45) is 1.48. The zero-order valence-corrected chi connectivity index (χ0v) is 22.4. The molecule has 0 bridgehead atoms. The Kier molecular flexibility index (Phi) is 7.92. The molecule has 0 aliphatic carbocycles. The monoisotopic (exact) mass is 551 g/mol. The van der Waals surface area contributed by atoms with Crippen molar-refractivity contribution in [3.8, 4) is 22.6 Å². The number of halogens is 2. The number of benzene rings is 4. The summed E-state index contributed by atoms with van der Waals surface area (Å²) in [6.45, 7) is -1.30. The molecule has 4 aromatic carbocycles. The molecule has 0 aliphatic heterocycles. The van der Waals surface area contributed by atoms with Gasteiger partial charge in [0.2, 0.25) is 0 Å². The van der Waals surface area contributed by atoms with Crippen molar-refractivity contribution < 1.29 is 18.3 Å². The normalized spacial score (nSPS) is 11.5. The van der Waals surface area contributed by atoms with Crippen LogP contribution in [0.25, 0.3) is 28.5 Å². The highest BCUT2D eigenvalue weighted by atomic mass is 19.3. The average Bonchev–Trinajstić information content (AvgIpc) is 3.20. The Balaban J connectivity index is 1.57. The predicted molar refractivity (Wildman–Crippen MR) is 157 cm³/mol. The molecule has 0 aliphatic rings. The molecule has 5 rings (SSSR count). The molecule has 8 heteroatoms. The number of ether oxygens (including phenoxy) is 1. The molecule has 206 valence electrons. The molecule has 0 unspecified atom stereocenters. The number of nitrogens with zero attached hydrogens (tertiary/aromatic N) is 2. The summed E-state index contributed by atoms with van der Waals surface area (Å²) < 4.78 is 34.1. The smallest absolute Gasteiger partial charge is 0.387 e. The first kappa shape index (κ1) is 27.3. The zero-order chi connectivity index (χ0) is 28.9. The van der Waals surface area contributed by atoms with Crippen LogP contribution in [0, 0.1) is 6.92 Å². The summed E-state index contributed by atoms with van der Waals surface area (Å²) in [5, 5.41) is 2.78. The largest absolute Gasteiger partial charge is 0.434 e. The Morgan fingerprint density at radius 3 is 2.07 bits per heavy atom. The molecule has 1 heterocycles. The summed E-state index contributed by atoms with van der Waals surface area (Å²) in [7, 11) is 1.73. The van der Waals surface area contributed by atoms with Crippen LogP contribution in [0.2, 0.25) is 0 Å². The Labute approximate surface area is 235 Å². The molecular formula is C33H27F2N3O3. The maximum Gasteiger partial charge on any atom is 0.387 e. The number of carbonyl (C=O) groups is 1. The number of nitrogens with one attached hydrogen (secondary N) is 1. The van der Waals surface area contributed by atoms with Crippen LogP contribution in [0.5, 0.6) is 5.75 Å². The molecule has 0 atom stereocenters. The van der Waals surface area contributed by atoms with Gasteiger partial charge < -0.3 is 10.1 Å². The van der Waals surface area contributed by atoms with Gasteiger partial charge in [0.25, 0.3) is 11.5 Å². The molecule has 41 heavy (non-hydrogen) atoms. The van der Waals surface area contributed by atoms with E-state index >= 15 is 0 Å². The van der Waals surface area contributed by atoms with Crippen LogP contribution < -0.4 is 15.6 Å². The quantitative estimate of drug-likeness (QED) is 0.168. The molecular weight excluding hydrogens is 524 g/mol. The Morgan fingerprint density at radius 2 is 1.41 bits per heavy atom. The highest BCUT2D eigenvalue weighted by Gasteiger charge is 2.21. The maximum absolute atomic E-state index is 13.8. The van der Waals surface area contributed by atoms with Crippen LogP contribution in [0.15, 0.2) is 114 Å². The minimum atomic E-state index is -3.03. The van der Waals surface area contributed by atoms with E-state index in [1.165, 1.54) is 16.8 Å². The summed E-state index contributed by atoms with van der Waals surface area (Å²) in [5.41, 5.74) is 3.86. The number of amides is 1. The van der Waals surface area contributed by atoms with Gasteiger partial charge in [-0.2, -0.15) is 8.78 Å². The second kappa shape index (κ2) is 11.9. The standard InChI is InChI=1S/C33H27F2N3O3/c1-22-30(32(40)38(37(22)2)27-14-7-4-8-15-27)36-31(39)28(21-26-13-9-10-16-29(26)41-33(34)35)25-19-17-24(18-20-25)23-11-5-3-6-12-23/h3-21,33H,1-2H3,(H,36,39)/b28-21+. The molecule has 1 aromatic heterocycles.